The summed E-state index contributed by atoms with van der Waals surface area (Å²) in [6, 6.07) is 11.2. The Labute approximate surface area is 134 Å². The van der Waals surface area contributed by atoms with Crippen molar-refractivity contribution in [2.75, 3.05) is 16.2 Å². The zero-order valence-corrected chi connectivity index (χ0v) is 13.6. The van der Waals surface area contributed by atoms with Gasteiger partial charge in [-0.1, -0.05) is 0 Å². The van der Waals surface area contributed by atoms with Crippen molar-refractivity contribution in [1.29, 1.82) is 0 Å². The summed E-state index contributed by atoms with van der Waals surface area (Å²) in [5, 5.41) is 2.58. The third-order valence-electron chi connectivity index (χ3n) is 3.16. The molecular formula is C16H17FN2O3S. The number of carbonyl (C=O) groups is 1. The molecule has 23 heavy (non-hydrogen) atoms. The van der Waals surface area contributed by atoms with Gasteiger partial charge >= 0.3 is 0 Å². The Kier molecular flexibility index (Phi) is 5.00. The van der Waals surface area contributed by atoms with Crippen LogP contribution in [0.25, 0.3) is 0 Å². The van der Waals surface area contributed by atoms with E-state index in [2.05, 4.69) is 5.32 Å². The third-order valence-corrected chi connectivity index (χ3v) is 5.08. The van der Waals surface area contributed by atoms with Crippen molar-refractivity contribution in [1.82, 2.24) is 0 Å². The van der Waals surface area contributed by atoms with E-state index in [1.165, 1.54) is 59.8 Å². The minimum atomic E-state index is -3.76. The highest BCUT2D eigenvalue weighted by Gasteiger charge is 2.23. The fourth-order valence-electron chi connectivity index (χ4n) is 2.14. The van der Waals surface area contributed by atoms with Crippen molar-refractivity contribution in [2.24, 2.45) is 0 Å². The first-order valence-electron chi connectivity index (χ1n) is 7.00. The van der Waals surface area contributed by atoms with E-state index in [0.717, 1.165) is 0 Å². The summed E-state index contributed by atoms with van der Waals surface area (Å²) in [5.74, 6) is -0.663. The fourth-order valence-corrected chi connectivity index (χ4v) is 3.61. The predicted molar refractivity (Wildman–Crippen MR) is 87.4 cm³/mol. The van der Waals surface area contributed by atoms with Gasteiger partial charge in [-0.2, -0.15) is 0 Å². The Morgan fingerprint density at radius 1 is 1.09 bits per heavy atom. The number of sulfonamides is 1. The highest BCUT2D eigenvalue weighted by atomic mass is 32.2. The Morgan fingerprint density at radius 3 is 2.13 bits per heavy atom. The van der Waals surface area contributed by atoms with E-state index in [9.17, 15) is 17.6 Å². The molecule has 0 saturated heterocycles. The van der Waals surface area contributed by atoms with Gasteiger partial charge in [-0.25, -0.2) is 12.8 Å². The van der Waals surface area contributed by atoms with Crippen LogP contribution in [-0.2, 0) is 14.8 Å². The lowest BCUT2D eigenvalue weighted by molar-refractivity contribution is -0.114. The molecule has 0 saturated carbocycles. The average molecular weight is 336 g/mol. The maximum atomic E-state index is 13.0. The monoisotopic (exact) mass is 336 g/mol. The maximum absolute atomic E-state index is 13.0. The average Bonchev–Trinajstić information content (AvgIpc) is 2.49. The number of amides is 1. The van der Waals surface area contributed by atoms with E-state index < -0.39 is 15.8 Å². The molecule has 1 N–H and O–H groups in total. The van der Waals surface area contributed by atoms with Crippen LogP contribution in [0, 0.1) is 5.82 Å². The second kappa shape index (κ2) is 6.78. The van der Waals surface area contributed by atoms with Crippen LogP contribution in [0.1, 0.15) is 13.8 Å². The van der Waals surface area contributed by atoms with Gasteiger partial charge in [0.15, 0.2) is 0 Å². The maximum Gasteiger partial charge on any atom is 0.264 e. The zero-order valence-electron chi connectivity index (χ0n) is 12.8. The van der Waals surface area contributed by atoms with Gasteiger partial charge < -0.3 is 5.32 Å². The molecule has 1 amide bonds. The summed E-state index contributed by atoms with van der Waals surface area (Å²) in [5.41, 5.74) is 0.904. The first kappa shape index (κ1) is 17.0. The zero-order chi connectivity index (χ0) is 17.0. The topological polar surface area (TPSA) is 66.5 Å². The molecule has 0 spiro atoms. The second-order valence-electron chi connectivity index (χ2n) is 4.85. The van der Waals surface area contributed by atoms with Crippen LogP contribution in [0.3, 0.4) is 0 Å². The number of halogens is 1. The van der Waals surface area contributed by atoms with Gasteiger partial charge in [0.2, 0.25) is 5.91 Å². The van der Waals surface area contributed by atoms with Gasteiger partial charge in [0, 0.05) is 19.2 Å². The van der Waals surface area contributed by atoms with Gasteiger partial charge in [-0.3, -0.25) is 9.10 Å². The summed E-state index contributed by atoms with van der Waals surface area (Å²) in [7, 11) is -3.76. The third kappa shape index (κ3) is 3.87. The lowest BCUT2D eigenvalue weighted by Crippen LogP contribution is -2.30. The lowest BCUT2D eigenvalue weighted by Gasteiger charge is -2.23. The first-order chi connectivity index (χ1) is 10.8. The van der Waals surface area contributed by atoms with Crippen molar-refractivity contribution in [3.05, 3.63) is 54.3 Å². The molecule has 0 bridgehead atoms. The Bertz CT molecular complexity index is 787. The van der Waals surface area contributed by atoms with Crippen LogP contribution >= 0.6 is 0 Å². The predicted octanol–water partition coefficient (Wildman–Crippen LogP) is 3.00. The largest absolute Gasteiger partial charge is 0.326 e. The summed E-state index contributed by atoms with van der Waals surface area (Å²) >= 11 is 0. The molecule has 7 heteroatoms. The molecule has 0 unspecified atom stereocenters. The normalized spacial score (nSPS) is 11.1. The molecule has 0 heterocycles. The van der Waals surface area contributed by atoms with Crippen LogP contribution < -0.4 is 9.62 Å². The molecule has 0 aliphatic rings. The number of nitrogens with zero attached hydrogens (tertiary/aromatic N) is 1. The number of hydrogen-bond donors (Lipinski definition) is 1. The summed E-state index contributed by atoms with van der Waals surface area (Å²) in [4.78, 5) is 11.1. The number of rotatable bonds is 5. The van der Waals surface area contributed by atoms with E-state index in [4.69, 9.17) is 0 Å². The SMILES string of the molecule is CCN(c1ccc(F)cc1)S(=O)(=O)c1ccc(NC(C)=O)cc1. The van der Waals surface area contributed by atoms with Gasteiger partial charge in [0.1, 0.15) is 5.82 Å². The Morgan fingerprint density at radius 2 is 1.65 bits per heavy atom. The number of benzene rings is 2. The molecule has 2 rings (SSSR count). The van der Waals surface area contributed by atoms with Gasteiger partial charge in [0.25, 0.3) is 10.0 Å². The minimum Gasteiger partial charge on any atom is -0.326 e. The molecule has 0 aliphatic carbocycles. The molecular weight excluding hydrogens is 319 g/mol. The van der Waals surface area contributed by atoms with Gasteiger partial charge in [-0.15, -0.1) is 0 Å². The van der Waals surface area contributed by atoms with Crippen molar-refractivity contribution in [2.45, 2.75) is 18.7 Å². The highest BCUT2D eigenvalue weighted by Crippen LogP contribution is 2.24. The molecule has 0 atom stereocenters. The Balaban J connectivity index is 2.35. The first-order valence-corrected chi connectivity index (χ1v) is 8.44. The van der Waals surface area contributed by atoms with Crippen LogP contribution in [-0.4, -0.2) is 20.9 Å². The molecule has 2 aromatic carbocycles. The molecule has 0 radical (unpaired) electrons. The molecule has 5 nitrogen and oxygen atoms in total. The van der Waals surface area contributed by atoms with Gasteiger partial charge in [0.05, 0.1) is 10.6 Å². The van der Waals surface area contributed by atoms with Crippen molar-refractivity contribution in [3.63, 3.8) is 0 Å². The van der Waals surface area contributed by atoms with Crippen LogP contribution in [0.4, 0.5) is 15.8 Å². The molecule has 0 aromatic heterocycles. The van der Waals surface area contributed by atoms with Crippen LogP contribution in [0.5, 0.6) is 0 Å². The number of hydrogen-bond acceptors (Lipinski definition) is 3. The van der Waals surface area contributed by atoms with E-state index >= 15 is 0 Å². The van der Waals surface area contributed by atoms with E-state index in [-0.39, 0.29) is 17.3 Å². The van der Waals surface area contributed by atoms with E-state index in [1.54, 1.807) is 6.92 Å². The second-order valence-corrected chi connectivity index (χ2v) is 6.71. The Hall–Kier alpha value is -2.41. The summed E-state index contributed by atoms with van der Waals surface area (Å²) in [6.07, 6.45) is 0. The molecule has 0 aliphatic heterocycles. The molecule has 0 fully saturated rings. The lowest BCUT2D eigenvalue weighted by atomic mass is 10.3. The fraction of sp³-hybridized carbons (Fsp3) is 0.188. The van der Waals surface area contributed by atoms with E-state index in [1.807, 2.05) is 0 Å². The van der Waals surface area contributed by atoms with Crippen LogP contribution in [0.2, 0.25) is 0 Å². The number of nitrogens with one attached hydrogen (secondary N) is 1. The molecule has 2 aromatic rings. The summed E-state index contributed by atoms with van der Waals surface area (Å²) in [6.45, 7) is 3.28. The smallest absolute Gasteiger partial charge is 0.264 e. The summed E-state index contributed by atoms with van der Waals surface area (Å²) < 4.78 is 39.7. The minimum absolute atomic E-state index is 0.0952. The van der Waals surface area contributed by atoms with E-state index in [0.29, 0.717) is 11.4 Å². The standard InChI is InChI=1S/C16H17FN2O3S/c1-3-19(15-8-4-13(17)5-9-15)23(21,22)16-10-6-14(7-11-16)18-12(2)20/h4-11H,3H2,1-2H3,(H,18,20). The van der Waals surface area contributed by atoms with Crippen molar-refractivity contribution < 1.29 is 17.6 Å². The van der Waals surface area contributed by atoms with Crippen molar-refractivity contribution in [3.8, 4) is 0 Å². The quantitative estimate of drug-likeness (QED) is 0.913. The number of carbonyl (C=O) groups excluding carboxylic acids is 1. The highest BCUT2D eigenvalue weighted by molar-refractivity contribution is 7.92. The molecule has 122 valence electrons. The van der Waals surface area contributed by atoms with Crippen molar-refractivity contribution >= 4 is 27.3 Å². The van der Waals surface area contributed by atoms with Crippen LogP contribution in [0.15, 0.2) is 53.4 Å². The van der Waals surface area contributed by atoms with Gasteiger partial charge in [-0.05, 0) is 55.5 Å². The number of anilines is 2.